The highest BCUT2D eigenvalue weighted by atomic mass is 32.1. The minimum absolute atomic E-state index is 0.00391. The quantitative estimate of drug-likeness (QED) is 0.466. The number of nitrogens with one attached hydrogen (secondary N) is 2. The Bertz CT molecular complexity index is 1370. The van der Waals surface area contributed by atoms with Gasteiger partial charge in [0.1, 0.15) is 5.82 Å². The molecule has 3 aromatic rings. The maximum atomic E-state index is 12.6. The number of hydrogen-bond donors (Lipinski definition) is 2. The molecule has 4 heterocycles. The zero-order valence-electron chi connectivity index (χ0n) is 19.5. The van der Waals surface area contributed by atoms with Gasteiger partial charge in [-0.1, -0.05) is 0 Å². The van der Waals surface area contributed by atoms with Gasteiger partial charge in [-0.15, -0.1) is 11.3 Å². The van der Waals surface area contributed by atoms with Crippen molar-refractivity contribution >= 4 is 46.6 Å². The second kappa shape index (κ2) is 7.31. The molecule has 2 aliphatic rings. The molecule has 2 N–H and O–H groups in total. The molecular formula is C21H20N6O3S. The summed E-state index contributed by atoms with van der Waals surface area (Å²) in [5.74, 6) is -0.677. The van der Waals surface area contributed by atoms with Crippen LogP contribution in [0.1, 0.15) is 38.6 Å². The number of carbonyl (C=O) groups is 3. The number of anilines is 1. The first-order valence-corrected chi connectivity index (χ1v) is 10.6. The van der Waals surface area contributed by atoms with E-state index in [-0.39, 0.29) is 17.2 Å². The fourth-order valence-corrected chi connectivity index (χ4v) is 4.20. The highest BCUT2D eigenvalue weighted by Crippen LogP contribution is 2.31. The number of thiophene rings is 1. The number of carbonyl (C=O) groups excluding carboxylic acids is 3. The second-order valence-electron chi connectivity index (χ2n) is 7.57. The van der Waals surface area contributed by atoms with Crippen LogP contribution in [0.5, 0.6) is 0 Å². The Kier molecular flexibility index (Phi) is 3.82. The highest BCUT2D eigenvalue weighted by Gasteiger charge is 2.26. The number of hydrogen-bond acceptors (Lipinski definition) is 7. The van der Waals surface area contributed by atoms with Gasteiger partial charge in [-0.25, -0.2) is 4.98 Å². The van der Waals surface area contributed by atoms with E-state index in [9.17, 15) is 14.4 Å². The van der Waals surface area contributed by atoms with Crippen molar-refractivity contribution in [2.24, 2.45) is 0 Å². The van der Waals surface area contributed by atoms with Crippen molar-refractivity contribution in [1.82, 2.24) is 24.8 Å². The Morgan fingerprint density at radius 3 is 2.97 bits per heavy atom. The third-order valence-electron chi connectivity index (χ3n) is 5.06. The minimum atomic E-state index is -2.53. The summed E-state index contributed by atoms with van der Waals surface area (Å²) in [7, 11) is 1.24. The van der Waals surface area contributed by atoms with Crippen molar-refractivity contribution < 1.29 is 18.5 Å². The first-order valence-electron chi connectivity index (χ1n) is 11.2. The molecule has 31 heavy (non-hydrogen) atoms. The molecule has 1 aliphatic carbocycles. The van der Waals surface area contributed by atoms with Crippen molar-refractivity contribution in [3.63, 3.8) is 0 Å². The second-order valence-corrected chi connectivity index (χ2v) is 8.48. The summed E-state index contributed by atoms with van der Waals surface area (Å²) in [6, 6.07) is 3.77. The summed E-state index contributed by atoms with van der Waals surface area (Å²) < 4.78 is 24.0. The molecule has 0 radical (unpaired) electrons. The SMILES string of the molecule is [2H]C([2H])([2H])N(C)C(=O)c1cc(-c2cc(NC3CC3)n3ncc(/C=C4\CC(=O)NC4=O)c3n2)cs1. The van der Waals surface area contributed by atoms with E-state index < -0.39 is 18.8 Å². The topological polar surface area (TPSA) is 109 Å². The number of nitrogens with zero attached hydrogens (tertiary/aromatic N) is 4. The standard InChI is InChI=1S/C21H20N6O3S/c1-26(2)21(30)16-6-13(10-31-16)15-8-17(23-14-3-4-14)27-19(24-15)12(9-22-27)5-11-7-18(28)25-20(11)29/h5-6,8-10,14,23H,3-4,7H2,1-2H3,(H,25,28,29)/b11-5+/i1D3. The predicted octanol–water partition coefficient (Wildman–Crippen LogP) is 2.16. The van der Waals surface area contributed by atoms with Crippen LogP contribution in [0.2, 0.25) is 0 Å². The van der Waals surface area contributed by atoms with Crippen LogP contribution in [0.25, 0.3) is 23.0 Å². The van der Waals surface area contributed by atoms with Crippen molar-refractivity contribution in [2.45, 2.75) is 25.3 Å². The van der Waals surface area contributed by atoms with E-state index in [2.05, 4.69) is 15.7 Å². The molecule has 0 bridgehead atoms. The minimum Gasteiger partial charge on any atom is -0.367 e. The van der Waals surface area contributed by atoms with Gasteiger partial charge in [-0.3, -0.25) is 19.7 Å². The summed E-state index contributed by atoms with van der Waals surface area (Å²) in [6.07, 6.45) is 5.27. The van der Waals surface area contributed by atoms with Crippen molar-refractivity contribution in [3.8, 4) is 11.3 Å². The Morgan fingerprint density at radius 1 is 1.42 bits per heavy atom. The molecule has 1 saturated heterocycles. The lowest BCUT2D eigenvalue weighted by molar-refractivity contribution is -0.124. The van der Waals surface area contributed by atoms with Crippen LogP contribution in [0, 0.1) is 0 Å². The van der Waals surface area contributed by atoms with Crippen LogP contribution in [-0.2, 0) is 9.59 Å². The predicted molar refractivity (Wildman–Crippen MR) is 117 cm³/mol. The van der Waals surface area contributed by atoms with E-state index in [0.29, 0.717) is 39.9 Å². The first-order chi connectivity index (χ1) is 16.1. The van der Waals surface area contributed by atoms with Gasteiger partial charge in [0.2, 0.25) is 5.91 Å². The van der Waals surface area contributed by atoms with Crippen molar-refractivity contribution in [3.05, 3.63) is 39.7 Å². The Balaban J connectivity index is 1.56. The normalized spacial score (nSPS) is 19.3. The first kappa shape index (κ1) is 16.2. The molecular weight excluding hydrogens is 416 g/mol. The fraction of sp³-hybridized carbons (Fsp3) is 0.286. The molecule has 158 valence electrons. The summed E-state index contributed by atoms with van der Waals surface area (Å²) in [4.78, 5) is 41.9. The van der Waals surface area contributed by atoms with Crippen LogP contribution in [0.15, 0.2) is 29.3 Å². The monoisotopic (exact) mass is 439 g/mol. The summed E-state index contributed by atoms with van der Waals surface area (Å²) in [5, 5.41) is 11.8. The van der Waals surface area contributed by atoms with E-state index in [1.165, 1.54) is 7.05 Å². The molecule has 0 aromatic carbocycles. The summed E-state index contributed by atoms with van der Waals surface area (Å²) in [6.45, 7) is -2.53. The Labute approximate surface area is 186 Å². The van der Waals surface area contributed by atoms with Gasteiger partial charge < -0.3 is 10.2 Å². The van der Waals surface area contributed by atoms with E-state index in [1.807, 2.05) is 6.07 Å². The lowest BCUT2D eigenvalue weighted by Crippen LogP contribution is -2.20. The van der Waals surface area contributed by atoms with Crippen LogP contribution >= 0.6 is 11.3 Å². The number of rotatable bonds is 5. The van der Waals surface area contributed by atoms with E-state index >= 15 is 0 Å². The van der Waals surface area contributed by atoms with Crippen molar-refractivity contribution in [2.75, 3.05) is 19.3 Å². The number of fused-ring (bicyclic) bond motifs is 1. The zero-order chi connectivity index (χ0) is 24.2. The van der Waals surface area contributed by atoms with Gasteiger partial charge in [-0.2, -0.15) is 9.61 Å². The maximum Gasteiger partial charge on any atom is 0.263 e. The molecule has 1 aliphatic heterocycles. The largest absolute Gasteiger partial charge is 0.367 e. The van der Waals surface area contributed by atoms with Gasteiger partial charge in [0, 0.05) is 52.3 Å². The van der Waals surface area contributed by atoms with Gasteiger partial charge in [-0.05, 0) is 25.0 Å². The summed E-state index contributed by atoms with van der Waals surface area (Å²) >= 11 is 1.14. The fourth-order valence-electron chi connectivity index (χ4n) is 3.33. The van der Waals surface area contributed by atoms with Gasteiger partial charge in [0.05, 0.1) is 23.2 Å². The molecule has 9 nitrogen and oxygen atoms in total. The van der Waals surface area contributed by atoms with Crippen LogP contribution in [0.3, 0.4) is 0 Å². The molecule has 0 atom stereocenters. The lowest BCUT2D eigenvalue weighted by atomic mass is 10.1. The average Bonchev–Trinajstić information content (AvgIpc) is 3.17. The molecule has 5 rings (SSSR count). The number of imide groups is 1. The molecule has 3 amide bonds. The molecule has 0 unspecified atom stereocenters. The van der Waals surface area contributed by atoms with Crippen LogP contribution < -0.4 is 10.6 Å². The van der Waals surface area contributed by atoms with Gasteiger partial charge in [0.15, 0.2) is 5.65 Å². The summed E-state index contributed by atoms with van der Waals surface area (Å²) in [5.41, 5.74) is 2.62. The van der Waals surface area contributed by atoms with Crippen LogP contribution in [0.4, 0.5) is 5.82 Å². The lowest BCUT2D eigenvalue weighted by Gasteiger charge is -2.10. The maximum absolute atomic E-state index is 12.6. The highest BCUT2D eigenvalue weighted by molar-refractivity contribution is 7.12. The third kappa shape index (κ3) is 3.70. The molecule has 0 spiro atoms. The number of aromatic nitrogens is 3. The Hall–Kier alpha value is -3.53. The van der Waals surface area contributed by atoms with E-state index in [1.54, 1.807) is 28.2 Å². The molecule has 3 aromatic heterocycles. The average molecular weight is 440 g/mol. The van der Waals surface area contributed by atoms with Gasteiger partial charge in [0.25, 0.3) is 11.8 Å². The van der Waals surface area contributed by atoms with Crippen LogP contribution in [-0.4, -0.2) is 57.3 Å². The van der Waals surface area contributed by atoms with Crippen molar-refractivity contribution in [1.29, 1.82) is 0 Å². The third-order valence-corrected chi connectivity index (χ3v) is 5.98. The number of amides is 3. The Morgan fingerprint density at radius 2 is 2.26 bits per heavy atom. The van der Waals surface area contributed by atoms with E-state index in [0.717, 1.165) is 29.1 Å². The van der Waals surface area contributed by atoms with E-state index in [4.69, 9.17) is 9.10 Å². The molecule has 1 saturated carbocycles. The zero-order valence-corrected chi connectivity index (χ0v) is 17.3. The van der Waals surface area contributed by atoms with Gasteiger partial charge >= 0.3 is 0 Å². The molecule has 2 fully saturated rings. The molecule has 10 heteroatoms. The smallest absolute Gasteiger partial charge is 0.263 e.